The Kier molecular flexibility index (Phi) is 3.71. The Balaban J connectivity index is 2.28. The zero-order chi connectivity index (χ0) is 12.3. The number of rotatable bonds is 4. The summed E-state index contributed by atoms with van der Waals surface area (Å²) in [6.07, 6.45) is 2.78. The van der Waals surface area contributed by atoms with E-state index in [1.165, 1.54) is 10.9 Å². The van der Waals surface area contributed by atoms with Crippen LogP contribution in [0, 0.1) is 0 Å². The molecule has 2 aromatic rings. The van der Waals surface area contributed by atoms with Crippen LogP contribution in [0.25, 0.3) is 10.9 Å². The van der Waals surface area contributed by atoms with E-state index in [9.17, 15) is 0 Å². The topological polar surface area (TPSA) is 42.1 Å². The van der Waals surface area contributed by atoms with Crippen molar-refractivity contribution >= 4 is 10.9 Å². The molecule has 1 unspecified atom stereocenters. The molecule has 0 amide bonds. The van der Waals surface area contributed by atoms with E-state index in [4.69, 9.17) is 5.73 Å². The minimum atomic E-state index is 0.0744. The van der Waals surface area contributed by atoms with E-state index in [2.05, 4.69) is 36.1 Å². The number of nitrogens with zero attached hydrogens (tertiary/aromatic N) is 2. The Morgan fingerprint density at radius 2 is 2.06 bits per heavy atom. The van der Waals surface area contributed by atoms with Crippen molar-refractivity contribution in [3.63, 3.8) is 0 Å². The molecule has 2 N–H and O–H groups in total. The molecule has 1 aromatic carbocycles. The fourth-order valence-electron chi connectivity index (χ4n) is 2.00. The Morgan fingerprint density at radius 1 is 1.24 bits per heavy atom. The fraction of sp³-hybridized carbons (Fsp3) is 0.357. The molecule has 0 saturated heterocycles. The van der Waals surface area contributed by atoms with Gasteiger partial charge in [0, 0.05) is 17.6 Å². The average molecular weight is 229 g/mol. The van der Waals surface area contributed by atoms with Gasteiger partial charge in [-0.1, -0.05) is 18.2 Å². The normalized spacial score (nSPS) is 13.2. The molecular weight excluding hydrogens is 210 g/mol. The highest BCUT2D eigenvalue weighted by Gasteiger charge is 2.10. The quantitative estimate of drug-likeness (QED) is 0.873. The van der Waals surface area contributed by atoms with Crippen molar-refractivity contribution in [3.8, 4) is 0 Å². The van der Waals surface area contributed by atoms with Gasteiger partial charge in [-0.15, -0.1) is 0 Å². The Labute approximate surface area is 102 Å². The standard InChI is InChI=1S/C14H19N3/c1-17(2)10-8-13(15)11-5-3-7-14-12(11)6-4-9-16-14/h3-7,9,13H,8,10,15H2,1-2H3. The first-order valence-corrected chi connectivity index (χ1v) is 5.92. The molecule has 1 heterocycles. The Bertz CT molecular complexity index is 488. The van der Waals surface area contributed by atoms with Crippen LogP contribution in [0.2, 0.25) is 0 Å². The monoisotopic (exact) mass is 229 g/mol. The molecule has 0 spiro atoms. The second-order valence-corrected chi connectivity index (χ2v) is 4.62. The van der Waals surface area contributed by atoms with E-state index in [1.807, 2.05) is 24.4 Å². The molecule has 17 heavy (non-hydrogen) atoms. The van der Waals surface area contributed by atoms with Gasteiger partial charge in [0.15, 0.2) is 0 Å². The summed E-state index contributed by atoms with van der Waals surface area (Å²) < 4.78 is 0. The van der Waals surface area contributed by atoms with Crippen LogP contribution in [-0.4, -0.2) is 30.5 Å². The van der Waals surface area contributed by atoms with Crippen molar-refractivity contribution in [3.05, 3.63) is 42.1 Å². The predicted octanol–water partition coefficient (Wildman–Crippen LogP) is 2.19. The minimum Gasteiger partial charge on any atom is -0.324 e. The highest BCUT2D eigenvalue weighted by Crippen LogP contribution is 2.23. The van der Waals surface area contributed by atoms with Crippen molar-refractivity contribution in [2.24, 2.45) is 5.73 Å². The Hall–Kier alpha value is -1.45. The van der Waals surface area contributed by atoms with E-state index in [1.54, 1.807) is 0 Å². The van der Waals surface area contributed by atoms with Gasteiger partial charge in [-0.05, 0) is 44.8 Å². The van der Waals surface area contributed by atoms with Crippen LogP contribution in [0.15, 0.2) is 36.5 Å². The van der Waals surface area contributed by atoms with Crippen molar-refractivity contribution in [2.45, 2.75) is 12.5 Å². The maximum atomic E-state index is 6.25. The summed E-state index contributed by atoms with van der Waals surface area (Å²) in [5.74, 6) is 0. The first-order chi connectivity index (χ1) is 8.18. The molecule has 0 aliphatic carbocycles. The third kappa shape index (κ3) is 2.81. The van der Waals surface area contributed by atoms with Crippen LogP contribution in [0.1, 0.15) is 18.0 Å². The van der Waals surface area contributed by atoms with Crippen molar-refractivity contribution in [1.82, 2.24) is 9.88 Å². The lowest BCUT2D eigenvalue weighted by Gasteiger charge is -2.17. The van der Waals surface area contributed by atoms with Crippen LogP contribution < -0.4 is 5.73 Å². The summed E-state index contributed by atoms with van der Waals surface area (Å²) in [5.41, 5.74) is 8.47. The number of fused-ring (bicyclic) bond motifs is 1. The number of benzene rings is 1. The molecule has 1 aromatic heterocycles. The van der Waals surface area contributed by atoms with E-state index in [0.717, 1.165) is 18.5 Å². The van der Waals surface area contributed by atoms with Gasteiger partial charge < -0.3 is 10.6 Å². The van der Waals surface area contributed by atoms with Crippen LogP contribution in [-0.2, 0) is 0 Å². The van der Waals surface area contributed by atoms with Gasteiger partial charge in [-0.25, -0.2) is 0 Å². The molecule has 3 heteroatoms. The Morgan fingerprint density at radius 3 is 2.82 bits per heavy atom. The van der Waals surface area contributed by atoms with Gasteiger partial charge in [0.2, 0.25) is 0 Å². The number of aromatic nitrogens is 1. The van der Waals surface area contributed by atoms with Crippen molar-refractivity contribution in [2.75, 3.05) is 20.6 Å². The fourth-order valence-corrected chi connectivity index (χ4v) is 2.00. The second-order valence-electron chi connectivity index (χ2n) is 4.62. The molecule has 0 radical (unpaired) electrons. The lowest BCUT2D eigenvalue weighted by molar-refractivity contribution is 0.383. The lowest BCUT2D eigenvalue weighted by Crippen LogP contribution is -2.20. The number of pyridine rings is 1. The highest BCUT2D eigenvalue weighted by atomic mass is 15.0. The maximum absolute atomic E-state index is 6.25. The zero-order valence-corrected chi connectivity index (χ0v) is 10.4. The van der Waals surface area contributed by atoms with Crippen LogP contribution >= 0.6 is 0 Å². The largest absolute Gasteiger partial charge is 0.324 e. The van der Waals surface area contributed by atoms with Gasteiger partial charge in [0.05, 0.1) is 5.52 Å². The molecule has 0 saturated carbocycles. The van der Waals surface area contributed by atoms with E-state index < -0.39 is 0 Å². The van der Waals surface area contributed by atoms with Gasteiger partial charge >= 0.3 is 0 Å². The summed E-state index contributed by atoms with van der Waals surface area (Å²) in [5, 5.41) is 1.17. The molecule has 0 aliphatic heterocycles. The number of hydrogen-bond acceptors (Lipinski definition) is 3. The maximum Gasteiger partial charge on any atom is 0.0705 e. The molecule has 90 valence electrons. The highest BCUT2D eigenvalue weighted by molar-refractivity contribution is 5.82. The summed E-state index contributed by atoms with van der Waals surface area (Å²) >= 11 is 0. The molecule has 2 rings (SSSR count). The second kappa shape index (κ2) is 5.25. The molecular formula is C14H19N3. The summed E-state index contributed by atoms with van der Waals surface area (Å²) in [7, 11) is 4.13. The molecule has 1 atom stereocenters. The average Bonchev–Trinajstić information content (AvgIpc) is 2.35. The number of hydrogen-bond donors (Lipinski definition) is 1. The van der Waals surface area contributed by atoms with Crippen LogP contribution in [0.3, 0.4) is 0 Å². The van der Waals surface area contributed by atoms with E-state index in [0.29, 0.717) is 0 Å². The van der Waals surface area contributed by atoms with E-state index in [-0.39, 0.29) is 6.04 Å². The predicted molar refractivity (Wildman–Crippen MR) is 71.8 cm³/mol. The number of nitrogens with two attached hydrogens (primary N) is 1. The lowest BCUT2D eigenvalue weighted by atomic mass is 9.99. The first-order valence-electron chi connectivity index (χ1n) is 5.92. The van der Waals surface area contributed by atoms with Crippen LogP contribution in [0.4, 0.5) is 0 Å². The van der Waals surface area contributed by atoms with E-state index >= 15 is 0 Å². The summed E-state index contributed by atoms with van der Waals surface area (Å²) in [6.45, 7) is 0.998. The summed E-state index contributed by atoms with van der Waals surface area (Å²) in [6, 6.07) is 10.3. The molecule has 0 aliphatic rings. The van der Waals surface area contributed by atoms with Gasteiger partial charge in [0.1, 0.15) is 0 Å². The SMILES string of the molecule is CN(C)CCC(N)c1cccc2ncccc12. The van der Waals surface area contributed by atoms with Gasteiger partial charge in [0.25, 0.3) is 0 Å². The smallest absolute Gasteiger partial charge is 0.0705 e. The van der Waals surface area contributed by atoms with Gasteiger partial charge in [-0.3, -0.25) is 4.98 Å². The van der Waals surface area contributed by atoms with Gasteiger partial charge in [-0.2, -0.15) is 0 Å². The summed E-state index contributed by atoms with van der Waals surface area (Å²) in [4.78, 5) is 6.51. The van der Waals surface area contributed by atoms with Crippen molar-refractivity contribution < 1.29 is 0 Å². The van der Waals surface area contributed by atoms with Crippen molar-refractivity contribution in [1.29, 1.82) is 0 Å². The minimum absolute atomic E-state index is 0.0744. The molecule has 3 nitrogen and oxygen atoms in total. The third-order valence-corrected chi connectivity index (χ3v) is 2.97. The third-order valence-electron chi connectivity index (χ3n) is 2.97. The molecule has 0 fully saturated rings. The zero-order valence-electron chi connectivity index (χ0n) is 10.4. The van der Waals surface area contributed by atoms with Crippen LogP contribution in [0.5, 0.6) is 0 Å². The molecule has 0 bridgehead atoms. The first kappa shape index (κ1) is 12.0.